The highest BCUT2D eigenvalue weighted by Crippen LogP contribution is 2.53. The van der Waals surface area contributed by atoms with E-state index in [0.29, 0.717) is 6.54 Å². The van der Waals surface area contributed by atoms with Gasteiger partial charge < -0.3 is 19.4 Å². The molecule has 0 bridgehead atoms. The van der Waals surface area contributed by atoms with Crippen molar-refractivity contribution in [3.8, 4) is 0 Å². The van der Waals surface area contributed by atoms with E-state index in [2.05, 4.69) is 31.1 Å². The molecule has 6 heteroatoms. The summed E-state index contributed by atoms with van der Waals surface area (Å²) in [6, 6.07) is 6.06. The molecule has 3 rings (SSSR count). The minimum Gasteiger partial charge on any atom is -0.378 e. The van der Waals surface area contributed by atoms with Gasteiger partial charge >= 0.3 is 6.03 Å². The third-order valence-corrected chi connectivity index (χ3v) is 6.18. The maximum absolute atomic E-state index is 12.6. The number of aryl methyl sites for hydroxylation is 1. The van der Waals surface area contributed by atoms with Crippen molar-refractivity contribution >= 4 is 11.7 Å². The summed E-state index contributed by atoms with van der Waals surface area (Å²) in [5, 5.41) is 2.98. The molecule has 0 saturated heterocycles. The minimum absolute atomic E-state index is 0.0787. The Morgan fingerprint density at radius 2 is 2.16 bits per heavy atom. The van der Waals surface area contributed by atoms with Gasteiger partial charge in [-0.2, -0.15) is 0 Å². The summed E-state index contributed by atoms with van der Waals surface area (Å²) in [6.45, 7) is 8.86. The molecular weight excluding hydrogens is 316 g/mol. The second-order valence-electron chi connectivity index (χ2n) is 7.77. The summed E-state index contributed by atoms with van der Waals surface area (Å²) in [5.74, 6) is 0. The predicted octanol–water partition coefficient (Wildman–Crippen LogP) is 2.99. The number of aromatic nitrogens is 2. The van der Waals surface area contributed by atoms with Gasteiger partial charge in [0.05, 0.1) is 17.8 Å². The van der Waals surface area contributed by atoms with Crippen LogP contribution in [0.25, 0.3) is 5.65 Å². The lowest BCUT2D eigenvalue weighted by molar-refractivity contribution is -0.198. The maximum Gasteiger partial charge on any atom is 0.317 e. The van der Waals surface area contributed by atoms with Crippen molar-refractivity contribution in [3.63, 3.8) is 0 Å². The summed E-state index contributed by atoms with van der Waals surface area (Å²) in [7, 11) is 3.59. The zero-order chi connectivity index (χ0) is 18.4. The molecule has 1 N–H and O–H groups in total. The summed E-state index contributed by atoms with van der Waals surface area (Å²) in [4.78, 5) is 18.9. The number of urea groups is 1. The fraction of sp³-hybridized carbons (Fsp3) is 0.579. The molecule has 1 fully saturated rings. The molecule has 2 amide bonds. The van der Waals surface area contributed by atoms with Gasteiger partial charge in [0.2, 0.25) is 0 Å². The molecule has 6 nitrogen and oxygen atoms in total. The zero-order valence-corrected chi connectivity index (χ0v) is 16.0. The molecule has 1 aliphatic rings. The molecule has 2 atom stereocenters. The predicted molar refractivity (Wildman–Crippen MR) is 97.5 cm³/mol. The van der Waals surface area contributed by atoms with Crippen LogP contribution in [0.5, 0.6) is 0 Å². The first-order valence-corrected chi connectivity index (χ1v) is 8.69. The topological polar surface area (TPSA) is 58.9 Å². The highest BCUT2D eigenvalue weighted by molar-refractivity contribution is 5.74. The fourth-order valence-electron chi connectivity index (χ4n) is 3.79. The van der Waals surface area contributed by atoms with Gasteiger partial charge in [-0.25, -0.2) is 9.78 Å². The Labute approximate surface area is 149 Å². The third kappa shape index (κ3) is 2.78. The number of imidazole rings is 1. The van der Waals surface area contributed by atoms with Crippen LogP contribution in [-0.2, 0) is 11.3 Å². The van der Waals surface area contributed by atoms with E-state index in [9.17, 15) is 4.79 Å². The van der Waals surface area contributed by atoms with E-state index in [1.165, 1.54) is 0 Å². The largest absolute Gasteiger partial charge is 0.378 e. The highest BCUT2D eigenvalue weighted by Gasteiger charge is 2.59. The monoisotopic (exact) mass is 344 g/mol. The van der Waals surface area contributed by atoms with Crippen LogP contribution in [0.2, 0.25) is 0 Å². The van der Waals surface area contributed by atoms with Crippen molar-refractivity contribution in [1.29, 1.82) is 0 Å². The number of pyridine rings is 1. The Balaban J connectivity index is 1.63. The molecule has 1 aliphatic carbocycles. The van der Waals surface area contributed by atoms with Crippen LogP contribution < -0.4 is 5.32 Å². The number of hydrogen-bond donors (Lipinski definition) is 1. The summed E-state index contributed by atoms with van der Waals surface area (Å²) in [6.07, 6.45) is 2.81. The summed E-state index contributed by atoms with van der Waals surface area (Å²) < 4.78 is 7.68. The zero-order valence-electron chi connectivity index (χ0n) is 16.0. The minimum atomic E-state index is -0.189. The lowest BCUT2D eigenvalue weighted by Crippen LogP contribution is -2.69. The fourth-order valence-corrected chi connectivity index (χ4v) is 3.79. The van der Waals surface area contributed by atoms with E-state index >= 15 is 0 Å². The lowest BCUT2D eigenvalue weighted by atomic mass is 9.55. The standard InChI is InChI=1S/C19H28N4O2/c1-13-8-7-9-16-21-14(12-23(13)16)11-20-17(24)22(5)15-10-19(4,25-6)18(15,2)3/h7-9,12,15H,10-11H2,1-6H3,(H,20,24)/t15-,19-/m0/s1. The molecule has 0 spiro atoms. The molecule has 25 heavy (non-hydrogen) atoms. The smallest absolute Gasteiger partial charge is 0.317 e. The van der Waals surface area contributed by atoms with E-state index in [4.69, 9.17) is 4.74 Å². The molecule has 2 heterocycles. The molecule has 136 valence electrons. The number of nitrogens with zero attached hydrogens (tertiary/aromatic N) is 3. The Bertz CT molecular complexity index is 798. The van der Waals surface area contributed by atoms with Crippen molar-refractivity contribution in [2.24, 2.45) is 5.41 Å². The van der Waals surface area contributed by atoms with E-state index in [-0.39, 0.29) is 23.1 Å². The number of rotatable bonds is 4. The second-order valence-corrected chi connectivity index (χ2v) is 7.77. The van der Waals surface area contributed by atoms with Gasteiger partial charge in [-0.05, 0) is 32.4 Å². The Hall–Kier alpha value is -2.08. The quantitative estimate of drug-likeness (QED) is 0.927. The Kier molecular flexibility index (Phi) is 4.27. The van der Waals surface area contributed by atoms with E-state index in [1.807, 2.05) is 42.8 Å². The first-order valence-electron chi connectivity index (χ1n) is 8.69. The normalized spacial score (nSPS) is 24.8. The van der Waals surface area contributed by atoms with Crippen LogP contribution in [-0.4, -0.2) is 46.1 Å². The van der Waals surface area contributed by atoms with Gasteiger partial charge in [-0.1, -0.05) is 19.9 Å². The number of fused-ring (bicyclic) bond motifs is 1. The number of nitrogens with one attached hydrogen (secondary N) is 1. The van der Waals surface area contributed by atoms with Crippen molar-refractivity contribution in [1.82, 2.24) is 19.6 Å². The molecule has 0 aromatic carbocycles. The van der Waals surface area contributed by atoms with Gasteiger partial charge in [-0.3, -0.25) is 0 Å². The summed E-state index contributed by atoms with van der Waals surface area (Å²) >= 11 is 0. The van der Waals surface area contributed by atoms with Crippen molar-refractivity contribution < 1.29 is 9.53 Å². The molecule has 2 aromatic rings. The molecule has 0 unspecified atom stereocenters. The third-order valence-electron chi connectivity index (χ3n) is 6.18. The average molecular weight is 344 g/mol. The van der Waals surface area contributed by atoms with Crippen LogP contribution >= 0.6 is 0 Å². The van der Waals surface area contributed by atoms with Gasteiger partial charge in [0.25, 0.3) is 0 Å². The number of amides is 2. The van der Waals surface area contributed by atoms with E-state index < -0.39 is 0 Å². The van der Waals surface area contributed by atoms with Crippen LogP contribution in [0.4, 0.5) is 4.79 Å². The molecular formula is C19H28N4O2. The molecule has 1 saturated carbocycles. The number of carbonyl (C=O) groups excluding carboxylic acids is 1. The van der Waals surface area contributed by atoms with Crippen LogP contribution in [0.15, 0.2) is 24.4 Å². The van der Waals surface area contributed by atoms with Crippen molar-refractivity contribution in [3.05, 3.63) is 35.8 Å². The highest BCUT2D eigenvalue weighted by atomic mass is 16.5. The molecule has 0 radical (unpaired) electrons. The SMILES string of the molecule is CO[C@@]1(C)C[C@H](N(C)C(=O)NCc2cn3c(C)cccc3n2)C1(C)C. The first kappa shape index (κ1) is 17.7. The van der Waals surface area contributed by atoms with Gasteiger partial charge in [-0.15, -0.1) is 0 Å². The van der Waals surface area contributed by atoms with Gasteiger partial charge in [0.1, 0.15) is 5.65 Å². The van der Waals surface area contributed by atoms with E-state index in [0.717, 1.165) is 23.5 Å². The number of carbonyl (C=O) groups is 1. The van der Waals surface area contributed by atoms with E-state index in [1.54, 1.807) is 12.0 Å². The van der Waals surface area contributed by atoms with Gasteiger partial charge in [0.15, 0.2) is 0 Å². The Morgan fingerprint density at radius 1 is 1.44 bits per heavy atom. The van der Waals surface area contributed by atoms with Crippen LogP contribution in [0.3, 0.4) is 0 Å². The number of ether oxygens (including phenoxy) is 1. The molecule has 0 aliphatic heterocycles. The van der Waals surface area contributed by atoms with Crippen LogP contribution in [0, 0.1) is 12.3 Å². The summed E-state index contributed by atoms with van der Waals surface area (Å²) in [5.41, 5.74) is 2.59. The number of hydrogen-bond acceptors (Lipinski definition) is 3. The average Bonchev–Trinajstić information content (AvgIpc) is 3.01. The molecule has 2 aromatic heterocycles. The number of methoxy groups -OCH3 is 1. The first-order chi connectivity index (χ1) is 11.7. The lowest BCUT2D eigenvalue weighted by Gasteiger charge is -2.61. The Morgan fingerprint density at radius 3 is 2.76 bits per heavy atom. The van der Waals surface area contributed by atoms with Crippen molar-refractivity contribution in [2.75, 3.05) is 14.2 Å². The van der Waals surface area contributed by atoms with Crippen LogP contribution in [0.1, 0.15) is 38.6 Å². The van der Waals surface area contributed by atoms with Gasteiger partial charge in [0, 0.05) is 37.5 Å². The van der Waals surface area contributed by atoms with Crippen molar-refractivity contribution in [2.45, 2.75) is 52.3 Å². The maximum atomic E-state index is 12.6. The second kappa shape index (κ2) is 6.02.